The van der Waals surface area contributed by atoms with E-state index in [-0.39, 0.29) is 6.54 Å². The fraction of sp³-hybridized carbons (Fsp3) is 0.280. The molecule has 3 aromatic rings. The molecule has 0 amide bonds. The lowest BCUT2D eigenvalue weighted by Crippen LogP contribution is -2.25. The van der Waals surface area contributed by atoms with Crippen LogP contribution in [-0.4, -0.2) is 39.4 Å². The van der Waals surface area contributed by atoms with Gasteiger partial charge in [-0.3, -0.25) is 4.90 Å². The van der Waals surface area contributed by atoms with E-state index >= 15 is 0 Å². The van der Waals surface area contributed by atoms with Crippen LogP contribution >= 0.6 is 0 Å². The van der Waals surface area contributed by atoms with Crippen LogP contribution < -0.4 is 18.9 Å². The first-order valence-electron chi connectivity index (χ1n) is 10.2. The number of benzene rings is 3. The van der Waals surface area contributed by atoms with Gasteiger partial charge in [-0.25, -0.2) is 8.78 Å². The maximum Gasteiger partial charge on any atom is 0.165 e. The number of halogens is 2. The molecule has 0 radical (unpaired) electrons. The third-order valence-corrected chi connectivity index (χ3v) is 5.52. The van der Waals surface area contributed by atoms with Gasteiger partial charge in [-0.2, -0.15) is 0 Å². The topological polar surface area (TPSA) is 40.2 Å². The molecule has 1 heterocycles. The summed E-state index contributed by atoms with van der Waals surface area (Å²) in [7, 11) is 4.79. The fourth-order valence-corrected chi connectivity index (χ4v) is 3.91. The molecular weight excluding hydrogens is 416 g/mol. The molecule has 0 spiro atoms. The van der Waals surface area contributed by atoms with Crippen LogP contribution in [0.2, 0.25) is 0 Å². The fourth-order valence-electron chi connectivity index (χ4n) is 3.91. The molecule has 4 rings (SSSR count). The van der Waals surface area contributed by atoms with Crippen LogP contribution in [0.15, 0.2) is 48.5 Å². The number of hydrogen-bond donors (Lipinski definition) is 0. The van der Waals surface area contributed by atoms with E-state index < -0.39 is 11.6 Å². The second kappa shape index (κ2) is 9.44. The molecule has 0 bridgehead atoms. The second-order valence-electron chi connectivity index (χ2n) is 7.53. The highest BCUT2D eigenvalue weighted by atomic mass is 19.1. The van der Waals surface area contributed by atoms with Crippen LogP contribution in [0.1, 0.15) is 11.1 Å². The molecular formula is C25H25F2NO4. The maximum atomic E-state index is 14.2. The molecule has 32 heavy (non-hydrogen) atoms. The zero-order valence-electron chi connectivity index (χ0n) is 18.3. The average molecular weight is 441 g/mol. The third kappa shape index (κ3) is 4.48. The van der Waals surface area contributed by atoms with Crippen molar-refractivity contribution in [1.82, 2.24) is 4.90 Å². The van der Waals surface area contributed by atoms with E-state index in [0.29, 0.717) is 48.3 Å². The summed E-state index contributed by atoms with van der Waals surface area (Å²) in [4.78, 5) is 2.03. The molecule has 168 valence electrons. The van der Waals surface area contributed by atoms with Crippen LogP contribution in [0.25, 0.3) is 11.1 Å². The number of ether oxygens (including phenoxy) is 4. The van der Waals surface area contributed by atoms with Crippen LogP contribution in [0.5, 0.6) is 23.0 Å². The molecule has 0 aliphatic carbocycles. The van der Waals surface area contributed by atoms with Gasteiger partial charge in [0.1, 0.15) is 18.2 Å². The van der Waals surface area contributed by atoms with E-state index in [1.165, 1.54) is 6.07 Å². The van der Waals surface area contributed by atoms with E-state index in [0.717, 1.165) is 28.8 Å². The summed E-state index contributed by atoms with van der Waals surface area (Å²) in [5, 5.41) is 0. The molecule has 0 aromatic heterocycles. The predicted octanol–water partition coefficient (Wildman–Crippen LogP) is 5.05. The van der Waals surface area contributed by atoms with E-state index in [1.807, 2.05) is 35.2 Å². The second-order valence-corrected chi connectivity index (χ2v) is 7.53. The van der Waals surface area contributed by atoms with Crippen LogP contribution in [0, 0.1) is 11.6 Å². The summed E-state index contributed by atoms with van der Waals surface area (Å²) in [5.74, 6) is 1.67. The molecule has 1 aliphatic heterocycles. The van der Waals surface area contributed by atoms with Crippen molar-refractivity contribution in [1.29, 1.82) is 0 Å². The Bertz CT molecular complexity index is 1120. The summed E-state index contributed by atoms with van der Waals surface area (Å²) >= 11 is 0. The largest absolute Gasteiger partial charge is 0.493 e. The number of hydrogen-bond acceptors (Lipinski definition) is 5. The average Bonchev–Trinajstić information content (AvgIpc) is 3.02. The van der Waals surface area contributed by atoms with Gasteiger partial charge in [0.05, 0.1) is 21.3 Å². The van der Waals surface area contributed by atoms with Gasteiger partial charge in [0.25, 0.3) is 0 Å². The molecule has 3 aromatic carbocycles. The Labute approximate surface area is 186 Å². The SMILES string of the molecule is COc1ccc(-c2cc3c(c(OC)c2)OCCN(Cc2cc(F)ccc2F)C3)cc1OC. The van der Waals surface area contributed by atoms with Crippen molar-refractivity contribution in [3.63, 3.8) is 0 Å². The van der Waals surface area contributed by atoms with E-state index in [9.17, 15) is 8.78 Å². The van der Waals surface area contributed by atoms with Crippen molar-refractivity contribution in [2.75, 3.05) is 34.5 Å². The summed E-state index contributed by atoms with van der Waals surface area (Å²) in [6.07, 6.45) is 0. The summed E-state index contributed by atoms with van der Waals surface area (Å²) in [6, 6.07) is 13.2. The minimum absolute atomic E-state index is 0.273. The number of methoxy groups -OCH3 is 3. The van der Waals surface area contributed by atoms with Gasteiger partial charge in [-0.15, -0.1) is 0 Å². The van der Waals surface area contributed by atoms with E-state index in [4.69, 9.17) is 18.9 Å². The highest BCUT2D eigenvalue weighted by Crippen LogP contribution is 2.40. The van der Waals surface area contributed by atoms with Gasteiger partial charge < -0.3 is 18.9 Å². The van der Waals surface area contributed by atoms with Gasteiger partial charge in [-0.05, 0) is 53.6 Å². The first kappa shape index (κ1) is 21.9. The third-order valence-electron chi connectivity index (χ3n) is 5.52. The lowest BCUT2D eigenvalue weighted by atomic mass is 10.0. The molecule has 0 fully saturated rings. The molecule has 0 saturated carbocycles. The van der Waals surface area contributed by atoms with Crippen LogP contribution in [0.3, 0.4) is 0 Å². The first-order chi connectivity index (χ1) is 15.5. The zero-order valence-corrected chi connectivity index (χ0v) is 18.3. The highest BCUT2D eigenvalue weighted by Gasteiger charge is 2.22. The Morgan fingerprint density at radius 3 is 2.34 bits per heavy atom. The Hall–Kier alpha value is -3.32. The van der Waals surface area contributed by atoms with Gasteiger partial charge in [0.2, 0.25) is 0 Å². The smallest absolute Gasteiger partial charge is 0.165 e. The zero-order chi connectivity index (χ0) is 22.7. The van der Waals surface area contributed by atoms with Crippen molar-refractivity contribution in [2.24, 2.45) is 0 Å². The number of rotatable bonds is 6. The van der Waals surface area contributed by atoms with Crippen molar-refractivity contribution in [3.8, 4) is 34.1 Å². The van der Waals surface area contributed by atoms with Crippen molar-refractivity contribution < 1.29 is 27.7 Å². The van der Waals surface area contributed by atoms with Gasteiger partial charge >= 0.3 is 0 Å². The summed E-state index contributed by atoms with van der Waals surface area (Å²) in [6.45, 7) is 1.76. The number of fused-ring (bicyclic) bond motifs is 1. The van der Waals surface area contributed by atoms with E-state index in [1.54, 1.807) is 21.3 Å². The molecule has 0 saturated heterocycles. The molecule has 5 nitrogen and oxygen atoms in total. The van der Waals surface area contributed by atoms with Crippen molar-refractivity contribution in [2.45, 2.75) is 13.1 Å². The minimum Gasteiger partial charge on any atom is -0.493 e. The Morgan fingerprint density at radius 1 is 0.844 bits per heavy atom. The van der Waals surface area contributed by atoms with Crippen LogP contribution in [-0.2, 0) is 13.1 Å². The lowest BCUT2D eigenvalue weighted by Gasteiger charge is -2.20. The normalized spacial score (nSPS) is 13.7. The van der Waals surface area contributed by atoms with Crippen molar-refractivity contribution >= 4 is 0 Å². The van der Waals surface area contributed by atoms with Gasteiger partial charge in [-0.1, -0.05) is 6.07 Å². The number of nitrogens with zero attached hydrogens (tertiary/aromatic N) is 1. The summed E-state index contributed by atoms with van der Waals surface area (Å²) in [5.41, 5.74) is 3.07. The first-order valence-corrected chi connectivity index (χ1v) is 10.2. The quantitative estimate of drug-likeness (QED) is 0.535. The Kier molecular flexibility index (Phi) is 6.46. The van der Waals surface area contributed by atoms with Gasteiger partial charge in [0, 0.05) is 30.8 Å². The standard InChI is InChI=1S/C25H25F2NO4/c1-29-22-7-4-16(12-23(22)30-2)17-10-19-15-28(8-9-32-25(19)24(13-17)31-3)14-18-11-20(26)5-6-21(18)27/h4-7,10-13H,8-9,14-15H2,1-3H3. The monoisotopic (exact) mass is 441 g/mol. The van der Waals surface area contributed by atoms with Gasteiger partial charge in [0.15, 0.2) is 23.0 Å². The molecule has 0 N–H and O–H groups in total. The Morgan fingerprint density at radius 2 is 1.59 bits per heavy atom. The molecule has 7 heteroatoms. The summed E-state index contributed by atoms with van der Waals surface area (Å²) < 4.78 is 50.2. The predicted molar refractivity (Wildman–Crippen MR) is 118 cm³/mol. The minimum atomic E-state index is -0.453. The van der Waals surface area contributed by atoms with Crippen LogP contribution in [0.4, 0.5) is 8.78 Å². The lowest BCUT2D eigenvalue weighted by molar-refractivity contribution is 0.214. The highest BCUT2D eigenvalue weighted by molar-refractivity contribution is 5.71. The molecule has 0 atom stereocenters. The Balaban J connectivity index is 1.69. The maximum absolute atomic E-state index is 14.2. The van der Waals surface area contributed by atoms with Crippen molar-refractivity contribution in [3.05, 3.63) is 71.3 Å². The van der Waals surface area contributed by atoms with E-state index in [2.05, 4.69) is 0 Å². The molecule has 1 aliphatic rings. The molecule has 0 unspecified atom stereocenters.